The van der Waals surface area contributed by atoms with Gasteiger partial charge in [0.15, 0.2) is 0 Å². The Kier molecular flexibility index (Phi) is 25.4. The highest BCUT2D eigenvalue weighted by molar-refractivity contribution is 6.40. The van der Waals surface area contributed by atoms with Crippen LogP contribution in [0.1, 0.15) is 63.8 Å². The van der Waals surface area contributed by atoms with Crippen molar-refractivity contribution in [1.29, 1.82) is 0 Å². The minimum atomic E-state index is -0.748. The molecule has 4 N–H and O–H groups in total. The number of fused-ring (bicyclic) bond motifs is 4. The molecule has 3 heterocycles. The number of allylic oxidation sites excluding steroid dienone is 2. The van der Waals surface area contributed by atoms with Crippen LogP contribution < -0.4 is 30.7 Å². The summed E-state index contributed by atoms with van der Waals surface area (Å²) in [4.78, 5) is 57.8. The monoisotopic (exact) mass is 940 g/mol. The van der Waals surface area contributed by atoms with Crippen LogP contribution in [0.15, 0.2) is 98.1 Å². The summed E-state index contributed by atoms with van der Waals surface area (Å²) in [5.41, 5.74) is 14.3. The molecule has 1 aliphatic heterocycles. The lowest BCUT2D eigenvalue weighted by atomic mass is 10.1. The van der Waals surface area contributed by atoms with Gasteiger partial charge >= 0.3 is 23.6 Å². The molecule has 20 heteroatoms. The van der Waals surface area contributed by atoms with E-state index in [9.17, 15) is 29.8 Å². The van der Waals surface area contributed by atoms with Gasteiger partial charge in [0.25, 0.3) is 0 Å². The number of nitrogens with two attached hydrogens (primary N) is 2. The molecule has 65 heavy (non-hydrogen) atoms. The number of hydrogen-bond acceptors (Lipinski definition) is 14. The van der Waals surface area contributed by atoms with Gasteiger partial charge in [-0.05, 0) is 61.8 Å². The normalized spacial score (nSPS) is 11.8. The Morgan fingerprint density at radius 3 is 2.18 bits per heavy atom. The zero-order chi connectivity index (χ0) is 46.3. The van der Waals surface area contributed by atoms with E-state index in [4.69, 9.17) is 53.6 Å². The number of aromatic nitrogens is 2. The van der Waals surface area contributed by atoms with Gasteiger partial charge in [-0.25, -0.2) is 9.59 Å². The van der Waals surface area contributed by atoms with Crippen LogP contribution in [-0.2, 0) is 35.4 Å². The molecule has 2 aromatic heterocycles. The van der Waals surface area contributed by atoms with E-state index in [0.717, 1.165) is 33.6 Å². The third kappa shape index (κ3) is 17.3. The molecular formula is C45H58Cl2N8O10. The van der Waals surface area contributed by atoms with E-state index in [-0.39, 0.29) is 87.9 Å². The quantitative estimate of drug-likeness (QED) is 0.0417. The third-order valence-electron chi connectivity index (χ3n) is 8.55. The van der Waals surface area contributed by atoms with E-state index in [1.54, 1.807) is 26.0 Å². The van der Waals surface area contributed by atoms with Crippen molar-refractivity contribution >= 4 is 69.8 Å². The summed E-state index contributed by atoms with van der Waals surface area (Å²) in [5.74, 6) is -0.509. The van der Waals surface area contributed by atoms with Gasteiger partial charge in [-0.1, -0.05) is 87.7 Å². The van der Waals surface area contributed by atoms with Gasteiger partial charge in [0.1, 0.15) is 11.4 Å². The molecule has 4 aromatic rings. The molecule has 2 amide bonds. The lowest BCUT2D eigenvalue weighted by Crippen LogP contribution is -2.32. The number of amides is 2. The van der Waals surface area contributed by atoms with Gasteiger partial charge in [-0.15, -0.1) is 36.4 Å². The maximum Gasteiger partial charge on any atom is 0.414 e. The second-order valence-electron chi connectivity index (χ2n) is 13.0. The van der Waals surface area contributed by atoms with E-state index >= 15 is 0 Å². The van der Waals surface area contributed by atoms with Crippen LogP contribution >= 0.6 is 23.2 Å². The predicted molar refractivity (Wildman–Crippen MR) is 257 cm³/mol. The molecule has 4 bridgehead atoms. The summed E-state index contributed by atoms with van der Waals surface area (Å²) >= 11 is 9.53. The molecule has 1 aliphatic rings. The maximum absolute atomic E-state index is 12.8. The Bertz CT molecular complexity index is 2250. The molecule has 2 aromatic carbocycles. The zero-order valence-corrected chi connectivity index (χ0v) is 36.5. The van der Waals surface area contributed by atoms with Crippen LogP contribution in [-0.4, -0.2) is 63.8 Å². The molecule has 0 saturated carbocycles. The minimum absolute atomic E-state index is 0. The molecule has 0 atom stereocenters. The SMILES string of the molecule is C.C.C=CCCOc1cc(N(Cc2cccc(CC=C)c2)C(=O)OCC)c([N+](=O)[O-])c(N)n1.CCOC(=O)N1Cc2cccc(c2)C/C=C/CCOc2cc1c([N+](=O)[O-])c(N)n2.ClCCl. The van der Waals surface area contributed by atoms with Gasteiger partial charge in [0, 0.05) is 12.1 Å². The molecular weight excluding hydrogens is 883 g/mol. The molecule has 0 spiro atoms. The first-order chi connectivity index (χ1) is 30.3. The van der Waals surface area contributed by atoms with Crippen LogP contribution in [0.5, 0.6) is 11.8 Å². The smallest absolute Gasteiger partial charge is 0.414 e. The van der Waals surface area contributed by atoms with Crippen LogP contribution in [0.2, 0.25) is 0 Å². The summed E-state index contributed by atoms with van der Waals surface area (Å²) in [6.45, 7) is 11.6. The number of nitrogens with zero attached hydrogens (tertiary/aromatic N) is 6. The maximum atomic E-state index is 12.8. The Balaban J connectivity index is 0.000000596. The van der Waals surface area contributed by atoms with E-state index in [2.05, 4.69) is 23.1 Å². The Morgan fingerprint density at radius 1 is 0.892 bits per heavy atom. The second-order valence-corrected chi connectivity index (χ2v) is 13.8. The van der Waals surface area contributed by atoms with Crippen molar-refractivity contribution in [1.82, 2.24) is 9.97 Å². The minimum Gasteiger partial charge on any atom is -0.477 e. The highest BCUT2D eigenvalue weighted by Crippen LogP contribution is 2.38. The number of carbonyl (C=O) groups is 2. The summed E-state index contributed by atoms with van der Waals surface area (Å²) in [5, 5.41) is 23.6. The molecule has 0 saturated heterocycles. The standard InChI is InChI=1S/C22H26N4O5.C20H22N4O5.CH2Cl2.2CH4/c1-4-7-12-31-19-14-18(20(26(28)29)21(23)24-19)25(22(27)30-6-3)15-17-11-8-10-16(13-17)9-5-2;1-2-28-20(25)23-13-15-9-6-8-14(11-15)7-4-3-5-10-29-17-12-16(23)18(24(26)27)19(21)22-17;2-1-3;;/h4-5,8,10-11,13-14H,1-2,6-7,9,12,15H2,3H3,(H2,23,24);3-4,6,8-9,11-12H,2,5,7,10,13H2,1H3,(H2,21,22);1H2;2*1H4/b;4-3+;;;. The van der Waals surface area contributed by atoms with Crippen molar-refractivity contribution < 1.29 is 38.4 Å². The average molecular weight is 942 g/mol. The van der Waals surface area contributed by atoms with Crippen molar-refractivity contribution in [2.45, 2.75) is 67.5 Å². The number of pyridine rings is 2. The number of nitro groups is 2. The number of rotatable bonds is 13. The number of halogens is 2. The summed E-state index contributed by atoms with van der Waals surface area (Å²) in [6.07, 6.45) is 8.56. The van der Waals surface area contributed by atoms with Crippen LogP contribution in [0.25, 0.3) is 0 Å². The molecule has 0 radical (unpaired) electrons. The Labute approximate surface area is 389 Å². The van der Waals surface area contributed by atoms with Crippen LogP contribution in [0.4, 0.5) is 44.0 Å². The van der Waals surface area contributed by atoms with Gasteiger partial charge in [0.05, 0.1) is 54.7 Å². The topological polar surface area (TPSA) is 242 Å². The van der Waals surface area contributed by atoms with Crippen LogP contribution in [0, 0.1) is 20.2 Å². The number of ether oxygens (including phenoxy) is 4. The molecule has 352 valence electrons. The average Bonchev–Trinajstić information content (AvgIpc) is 3.23. The van der Waals surface area contributed by atoms with E-state index in [1.165, 1.54) is 17.0 Å². The highest BCUT2D eigenvalue weighted by Gasteiger charge is 2.32. The Morgan fingerprint density at radius 2 is 1.54 bits per heavy atom. The molecule has 0 fully saturated rings. The van der Waals surface area contributed by atoms with Crippen molar-refractivity contribution in [2.24, 2.45) is 0 Å². The number of anilines is 4. The van der Waals surface area contributed by atoms with Gasteiger partial charge < -0.3 is 30.4 Å². The molecule has 18 nitrogen and oxygen atoms in total. The zero-order valence-electron chi connectivity index (χ0n) is 35.0. The third-order valence-corrected chi connectivity index (χ3v) is 8.55. The fourth-order valence-corrected chi connectivity index (χ4v) is 5.93. The lowest BCUT2D eigenvalue weighted by Gasteiger charge is -2.23. The van der Waals surface area contributed by atoms with Crippen LogP contribution in [0.3, 0.4) is 0 Å². The molecule has 0 unspecified atom stereocenters. The lowest BCUT2D eigenvalue weighted by molar-refractivity contribution is -0.383. The highest BCUT2D eigenvalue weighted by atomic mass is 35.5. The Hall–Kier alpha value is -6.92. The number of hydrogen-bond donors (Lipinski definition) is 2. The van der Waals surface area contributed by atoms with E-state index in [0.29, 0.717) is 25.9 Å². The number of carbonyl (C=O) groups excluding carboxylic acids is 2. The van der Waals surface area contributed by atoms with Gasteiger partial charge in [-0.3, -0.25) is 30.0 Å². The first-order valence-corrected chi connectivity index (χ1v) is 20.6. The van der Waals surface area contributed by atoms with Crippen molar-refractivity contribution in [2.75, 3.05) is 53.0 Å². The first kappa shape index (κ1) is 56.1. The largest absolute Gasteiger partial charge is 0.477 e. The van der Waals surface area contributed by atoms with Gasteiger partial charge in [0.2, 0.25) is 23.4 Å². The summed E-state index contributed by atoms with van der Waals surface area (Å²) < 4.78 is 21.4. The van der Waals surface area contributed by atoms with Crippen molar-refractivity contribution in [3.05, 3.63) is 141 Å². The number of alkyl halides is 2. The summed E-state index contributed by atoms with van der Waals surface area (Å²) in [7, 11) is 0. The first-order valence-electron chi connectivity index (χ1n) is 19.5. The van der Waals surface area contributed by atoms with Crippen molar-refractivity contribution in [3.8, 4) is 11.8 Å². The van der Waals surface area contributed by atoms with Gasteiger partial charge in [-0.2, -0.15) is 9.97 Å². The fourth-order valence-electron chi connectivity index (χ4n) is 5.93. The number of nitrogen functional groups attached to an aromatic ring is 2. The molecule has 5 rings (SSSR count). The van der Waals surface area contributed by atoms with Crippen molar-refractivity contribution in [3.63, 3.8) is 0 Å². The molecule has 0 aliphatic carbocycles. The number of benzene rings is 2. The fraction of sp³-hybridized carbons (Fsp3) is 0.333. The van der Waals surface area contributed by atoms with E-state index < -0.39 is 33.4 Å². The predicted octanol–water partition coefficient (Wildman–Crippen LogP) is 10.7. The van der Waals surface area contributed by atoms with E-state index in [1.807, 2.05) is 60.7 Å². The summed E-state index contributed by atoms with van der Waals surface area (Å²) in [6, 6.07) is 17.8. The second kappa shape index (κ2) is 29.4.